The lowest BCUT2D eigenvalue weighted by molar-refractivity contribution is -0.142. The normalized spacial score (nSPS) is 21.1. The summed E-state index contributed by atoms with van der Waals surface area (Å²) in [6, 6.07) is 0.768. The third kappa shape index (κ3) is 3.98. The molecule has 1 rings (SSSR count). The van der Waals surface area contributed by atoms with Crippen molar-refractivity contribution in [3.8, 4) is 0 Å². The predicted octanol–water partition coefficient (Wildman–Crippen LogP) is 2.80. The summed E-state index contributed by atoms with van der Waals surface area (Å²) >= 11 is 0. The summed E-state index contributed by atoms with van der Waals surface area (Å²) < 4.78 is 0. The Hall–Kier alpha value is -0.570. The smallest absolute Gasteiger partial charge is 0.228 e. The molecule has 0 aromatic rings. The van der Waals surface area contributed by atoms with Crippen molar-refractivity contribution < 1.29 is 4.79 Å². The van der Waals surface area contributed by atoms with E-state index < -0.39 is 0 Å². The van der Waals surface area contributed by atoms with E-state index in [2.05, 4.69) is 44.8 Å². The van der Waals surface area contributed by atoms with Gasteiger partial charge >= 0.3 is 0 Å². The summed E-state index contributed by atoms with van der Waals surface area (Å²) in [5.41, 5.74) is -0.237. The standard InChI is InChI=1S/C15H30N2O/c1-6-15(4,5)14(18)17(12(2)3)11-13-9-7-8-10-16-13/h12-13,16H,6-11H2,1-5H3. The lowest BCUT2D eigenvalue weighted by atomic mass is 9.87. The number of carbonyl (C=O) groups is 1. The minimum Gasteiger partial charge on any atom is -0.338 e. The van der Waals surface area contributed by atoms with Gasteiger partial charge in [-0.05, 0) is 39.7 Å². The highest BCUT2D eigenvalue weighted by Crippen LogP contribution is 2.25. The fourth-order valence-corrected chi connectivity index (χ4v) is 2.39. The van der Waals surface area contributed by atoms with Crippen molar-refractivity contribution in [1.82, 2.24) is 10.2 Å². The Morgan fingerprint density at radius 3 is 2.50 bits per heavy atom. The lowest BCUT2D eigenvalue weighted by Gasteiger charge is -2.37. The van der Waals surface area contributed by atoms with E-state index in [9.17, 15) is 4.79 Å². The largest absolute Gasteiger partial charge is 0.338 e. The number of nitrogens with zero attached hydrogens (tertiary/aromatic N) is 1. The Labute approximate surface area is 112 Å². The molecule has 1 aliphatic rings. The van der Waals surface area contributed by atoms with Crippen LogP contribution in [0.15, 0.2) is 0 Å². The fraction of sp³-hybridized carbons (Fsp3) is 0.933. The topological polar surface area (TPSA) is 32.3 Å². The first-order chi connectivity index (χ1) is 8.38. The molecule has 0 aliphatic carbocycles. The van der Waals surface area contributed by atoms with Crippen LogP contribution in [0.4, 0.5) is 0 Å². The van der Waals surface area contributed by atoms with E-state index in [0.717, 1.165) is 19.5 Å². The average molecular weight is 254 g/mol. The Bertz CT molecular complexity index is 268. The molecule has 1 fully saturated rings. The monoisotopic (exact) mass is 254 g/mol. The average Bonchev–Trinajstić information content (AvgIpc) is 2.36. The number of carbonyl (C=O) groups excluding carboxylic acids is 1. The minimum absolute atomic E-state index is 0.237. The van der Waals surface area contributed by atoms with E-state index in [1.165, 1.54) is 19.3 Å². The molecule has 0 aromatic heterocycles. The van der Waals surface area contributed by atoms with Gasteiger partial charge in [0.15, 0.2) is 0 Å². The van der Waals surface area contributed by atoms with Gasteiger partial charge in [0, 0.05) is 24.0 Å². The molecular weight excluding hydrogens is 224 g/mol. The van der Waals surface area contributed by atoms with E-state index in [4.69, 9.17) is 0 Å². The Morgan fingerprint density at radius 2 is 2.06 bits per heavy atom. The first-order valence-corrected chi connectivity index (χ1v) is 7.43. The molecule has 0 saturated carbocycles. The zero-order valence-corrected chi connectivity index (χ0v) is 12.8. The zero-order valence-electron chi connectivity index (χ0n) is 12.8. The maximum atomic E-state index is 12.6. The van der Waals surface area contributed by atoms with Gasteiger partial charge < -0.3 is 10.2 Å². The maximum absolute atomic E-state index is 12.6. The van der Waals surface area contributed by atoms with Gasteiger partial charge in [-0.3, -0.25) is 4.79 Å². The summed E-state index contributed by atoms with van der Waals surface area (Å²) in [7, 11) is 0. The Balaban J connectivity index is 2.67. The molecule has 106 valence electrons. The van der Waals surface area contributed by atoms with Crippen LogP contribution in [-0.4, -0.2) is 36.0 Å². The highest BCUT2D eigenvalue weighted by atomic mass is 16.2. The van der Waals surface area contributed by atoms with Crippen LogP contribution >= 0.6 is 0 Å². The zero-order chi connectivity index (χ0) is 13.8. The molecule has 1 heterocycles. The Kier molecular flexibility index (Phi) is 5.64. The van der Waals surface area contributed by atoms with E-state index >= 15 is 0 Å². The highest BCUT2D eigenvalue weighted by molar-refractivity contribution is 5.82. The van der Waals surface area contributed by atoms with Gasteiger partial charge in [0.1, 0.15) is 0 Å². The molecule has 0 bridgehead atoms. The molecule has 1 N–H and O–H groups in total. The third-order valence-corrected chi connectivity index (χ3v) is 4.18. The van der Waals surface area contributed by atoms with Gasteiger partial charge in [0.05, 0.1) is 0 Å². The second-order valence-electron chi connectivity index (χ2n) is 6.44. The van der Waals surface area contributed by atoms with Crippen LogP contribution in [0.3, 0.4) is 0 Å². The van der Waals surface area contributed by atoms with Crippen LogP contribution < -0.4 is 5.32 Å². The second-order valence-corrected chi connectivity index (χ2v) is 6.44. The summed E-state index contributed by atoms with van der Waals surface area (Å²) in [6.07, 6.45) is 4.65. The van der Waals surface area contributed by atoms with Gasteiger partial charge in [-0.25, -0.2) is 0 Å². The van der Waals surface area contributed by atoms with Crippen LogP contribution in [0, 0.1) is 5.41 Å². The van der Waals surface area contributed by atoms with E-state index in [0.29, 0.717) is 11.9 Å². The minimum atomic E-state index is -0.237. The van der Waals surface area contributed by atoms with Gasteiger partial charge in [0.25, 0.3) is 0 Å². The van der Waals surface area contributed by atoms with Gasteiger partial charge in [-0.2, -0.15) is 0 Å². The molecule has 1 amide bonds. The molecule has 3 heteroatoms. The molecule has 18 heavy (non-hydrogen) atoms. The first-order valence-electron chi connectivity index (χ1n) is 7.43. The van der Waals surface area contributed by atoms with E-state index in [1.807, 2.05) is 0 Å². The number of hydrogen-bond donors (Lipinski definition) is 1. The van der Waals surface area contributed by atoms with Crippen molar-refractivity contribution in [2.75, 3.05) is 13.1 Å². The van der Waals surface area contributed by atoms with Crippen LogP contribution in [0.1, 0.15) is 60.3 Å². The number of amides is 1. The van der Waals surface area contributed by atoms with Crippen LogP contribution in [0.5, 0.6) is 0 Å². The molecule has 0 radical (unpaired) electrons. The molecule has 1 unspecified atom stereocenters. The molecular formula is C15H30N2O. The van der Waals surface area contributed by atoms with Crippen LogP contribution in [-0.2, 0) is 4.79 Å². The molecule has 0 spiro atoms. The van der Waals surface area contributed by atoms with Gasteiger partial charge in [-0.15, -0.1) is 0 Å². The van der Waals surface area contributed by atoms with Crippen LogP contribution in [0.2, 0.25) is 0 Å². The quantitative estimate of drug-likeness (QED) is 0.818. The first kappa shape index (κ1) is 15.5. The van der Waals surface area contributed by atoms with Crippen molar-refractivity contribution >= 4 is 5.91 Å². The van der Waals surface area contributed by atoms with Crippen molar-refractivity contribution in [2.45, 2.75) is 72.4 Å². The van der Waals surface area contributed by atoms with Crippen molar-refractivity contribution in [1.29, 1.82) is 0 Å². The summed E-state index contributed by atoms with van der Waals surface area (Å²) in [5, 5.41) is 3.53. The van der Waals surface area contributed by atoms with Gasteiger partial charge in [0.2, 0.25) is 5.91 Å². The number of nitrogens with one attached hydrogen (secondary N) is 1. The predicted molar refractivity (Wildman–Crippen MR) is 76.6 cm³/mol. The van der Waals surface area contributed by atoms with Gasteiger partial charge in [-0.1, -0.05) is 27.2 Å². The number of hydrogen-bond acceptors (Lipinski definition) is 2. The summed E-state index contributed by atoms with van der Waals surface area (Å²) in [6.45, 7) is 12.4. The number of piperidine rings is 1. The van der Waals surface area contributed by atoms with Crippen LogP contribution in [0.25, 0.3) is 0 Å². The molecule has 1 atom stereocenters. The SMILES string of the molecule is CCC(C)(C)C(=O)N(CC1CCCCN1)C(C)C. The Morgan fingerprint density at radius 1 is 1.39 bits per heavy atom. The molecule has 0 aromatic carbocycles. The van der Waals surface area contributed by atoms with Crippen molar-refractivity contribution in [3.63, 3.8) is 0 Å². The highest BCUT2D eigenvalue weighted by Gasteiger charge is 2.32. The van der Waals surface area contributed by atoms with Crippen molar-refractivity contribution in [2.24, 2.45) is 5.41 Å². The summed E-state index contributed by atoms with van der Waals surface area (Å²) in [4.78, 5) is 14.7. The molecule has 1 saturated heterocycles. The second kappa shape index (κ2) is 6.55. The van der Waals surface area contributed by atoms with E-state index in [1.54, 1.807) is 0 Å². The van der Waals surface area contributed by atoms with Crippen molar-refractivity contribution in [3.05, 3.63) is 0 Å². The molecule has 3 nitrogen and oxygen atoms in total. The number of rotatable bonds is 5. The fourth-order valence-electron chi connectivity index (χ4n) is 2.39. The molecule has 1 aliphatic heterocycles. The summed E-state index contributed by atoms with van der Waals surface area (Å²) in [5.74, 6) is 0.298. The maximum Gasteiger partial charge on any atom is 0.228 e. The lowest BCUT2D eigenvalue weighted by Crippen LogP contribution is -2.51. The van der Waals surface area contributed by atoms with E-state index in [-0.39, 0.29) is 11.5 Å². The third-order valence-electron chi connectivity index (χ3n) is 4.18.